The molecule has 0 spiro atoms. The first-order valence-electron chi connectivity index (χ1n) is 16.6. The van der Waals surface area contributed by atoms with Gasteiger partial charge in [-0.15, -0.1) is 0 Å². The number of benzene rings is 3. The summed E-state index contributed by atoms with van der Waals surface area (Å²) >= 11 is 5.96. The van der Waals surface area contributed by atoms with Crippen molar-refractivity contribution in [3.05, 3.63) is 76.8 Å². The van der Waals surface area contributed by atoms with Crippen LogP contribution in [0.25, 0.3) is 0 Å². The maximum Gasteiger partial charge on any atom is 0.261 e. The minimum Gasteiger partial charge on any atom is -0.490 e. The lowest BCUT2D eigenvalue weighted by molar-refractivity contribution is -0.0177. The quantitative estimate of drug-likeness (QED) is 0.283. The Hall–Kier alpha value is -3.55. The Kier molecular flexibility index (Phi) is 12.3. The highest BCUT2D eigenvalue weighted by atomic mass is 35.5. The van der Waals surface area contributed by atoms with Gasteiger partial charge in [0.05, 0.1) is 35.3 Å². The van der Waals surface area contributed by atoms with Crippen LogP contribution < -0.4 is 18.9 Å². The molecule has 2 heterocycles. The standard InChI is InChI=1S/C36H46ClN3O8S/c1-24-19-40(25(2)22-41)36(42)31-18-29(38-49(43,44)30-12-9-28(37)10-13-30)11-15-32(31)48-26(3)7-5-6-16-45-35(24)21-39(4)20-27-8-14-33-34(17-27)47-23-46-33/h8-15,17-18,24-26,35,38,41H,5-7,16,19-23H2,1-4H3/t24-,25+,26-,35+/m1/s1. The van der Waals surface area contributed by atoms with Crippen LogP contribution in [-0.4, -0.2) is 87.6 Å². The van der Waals surface area contributed by atoms with E-state index in [2.05, 4.69) is 9.62 Å². The first-order chi connectivity index (χ1) is 23.4. The van der Waals surface area contributed by atoms with Crippen LogP contribution in [0.4, 0.5) is 5.69 Å². The van der Waals surface area contributed by atoms with Crippen molar-refractivity contribution in [3.63, 3.8) is 0 Å². The Morgan fingerprint density at radius 3 is 2.51 bits per heavy atom. The number of aliphatic hydroxyl groups is 1. The molecule has 266 valence electrons. The Labute approximate surface area is 294 Å². The van der Waals surface area contributed by atoms with Crippen LogP contribution in [0.2, 0.25) is 5.02 Å². The number of rotatable bonds is 9. The van der Waals surface area contributed by atoms with E-state index < -0.39 is 16.1 Å². The Bertz CT molecular complexity index is 1690. The number of fused-ring (bicyclic) bond motifs is 2. The zero-order chi connectivity index (χ0) is 35.1. The summed E-state index contributed by atoms with van der Waals surface area (Å²) < 4.78 is 52.8. The summed E-state index contributed by atoms with van der Waals surface area (Å²) in [6.45, 7) is 7.87. The van der Waals surface area contributed by atoms with Crippen LogP contribution in [0.5, 0.6) is 17.2 Å². The molecule has 49 heavy (non-hydrogen) atoms. The number of hydrogen-bond acceptors (Lipinski definition) is 9. The van der Waals surface area contributed by atoms with E-state index in [1.807, 2.05) is 39.1 Å². The van der Waals surface area contributed by atoms with Gasteiger partial charge in [0, 0.05) is 42.9 Å². The monoisotopic (exact) mass is 715 g/mol. The van der Waals surface area contributed by atoms with E-state index in [-0.39, 0.29) is 53.6 Å². The maximum atomic E-state index is 14.4. The summed E-state index contributed by atoms with van der Waals surface area (Å²) in [5.41, 5.74) is 1.49. The van der Waals surface area contributed by atoms with Crippen LogP contribution in [0.1, 0.15) is 56.0 Å². The summed E-state index contributed by atoms with van der Waals surface area (Å²) in [5.74, 6) is 1.33. The third-order valence-electron chi connectivity index (χ3n) is 8.81. The van der Waals surface area contributed by atoms with Crippen molar-refractivity contribution in [1.82, 2.24) is 9.80 Å². The van der Waals surface area contributed by atoms with E-state index in [1.165, 1.54) is 30.3 Å². The number of anilines is 1. The second-order valence-electron chi connectivity index (χ2n) is 13.0. The van der Waals surface area contributed by atoms with Gasteiger partial charge in [0.1, 0.15) is 5.75 Å². The highest BCUT2D eigenvalue weighted by molar-refractivity contribution is 7.92. The van der Waals surface area contributed by atoms with Crippen molar-refractivity contribution in [1.29, 1.82) is 0 Å². The summed E-state index contributed by atoms with van der Waals surface area (Å²) in [6.07, 6.45) is 2.02. The van der Waals surface area contributed by atoms with E-state index >= 15 is 0 Å². The van der Waals surface area contributed by atoms with Crippen molar-refractivity contribution < 1.29 is 37.3 Å². The average Bonchev–Trinajstić information content (AvgIpc) is 3.54. The van der Waals surface area contributed by atoms with Crippen molar-refractivity contribution in [2.24, 2.45) is 5.92 Å². The van der Waals surface area contributed by atoms with Crippen LogP contribution in [0.15, 0.2) is 65.6 Å². The predicted molar refractivity (Wildman–Crippen MR) is 188 cm³/mol. The van der Waals surface area contributed by atoms with Crippen LogP contribution in [0.3, 0.4) is 0 Å². The van der Waals surface area contributed by atoms with E-state index in [4.69, 9.17) is 30.5 Å². The summed E-state index contributed by atoms with van der Waals surface area (Å²) in [4.78, 5) is 18.3. The molecule has 11 nitrogen and oxygen atoms in total. The summed E-state index contributed by atoms with van der Waals surface area (Å²) in [6, 6.07) is 15.9. The largest absolute Gasteiger partial charge is 0.490 e. The van der Waals surface area contributed by atoms with Crippen LogP contribution in [-0.2, 0) is 21.3 Å². The number of amides is 1. The molecule has 13 heteroatoms. The molecule has 0 bridgehead atoms. The molecule has 0 radical (unpaired) electrons. The molecule has 3 aromatic carbocycles. The van der Waals surface area contributed by atoms with Gasteiger partial charge in [0.25, 0.3) is 15.9 Å². The Morgan fingerprint density at radius 1 is 1.02 bits per heavy atom. The van der Waals surface area contributed by atoms with Gasteiger partial charge in [-0.2, -0.15) is 0 Å². The number of hydrogen-bond donors (Lipinski definition) is 2. The lowest BCUT2D eigenvalue weighted by Gasteiger charge is -2.36. The van der Waals surface area contributed by atoms with Gasteiger partial charge in [-0.1, -0.05) is 24.6 Å². The SMILES string of the molecule is C[C@@H]1CCCCO[C@@H](CN(C)Cc2ccc3c(c2)OCO3)[C@H](C)CN([C@@H](C)CO)C(=O)c2cc(NS(=O)(=O)c3ccc(Cl)cc3)ccc2O1. The lowest BCUT2D eigenvalue weighted by atomic mass is 10.0. The molecule has 0 saturated carbocycles. The third kappa shape index (κ3) is 9.58. The first kappa shape index (κ1) is 36.7. The number of halogens is 1. The van der Waals surface area contributed by atoms with E-state index in [0.717, 1.165) is 36.3 Å². The molecule has 2 aliphatic rings. The molecular weight excluding hydrogens is 670 g/mol. The van der Waals surface area contributed by atoms with Crippen LogP contribution >= 0.6 is 11.6 Å². The van der Waals surface area contributed by atoms with Crippen molar-refractivity contribution >= 4 is 33.2 Å². The van der Waals surface area contributed by atoms with Gasteiger partial charge in [-0.05, 0) is 100 Å². The lowest BCUT2D eigenvalue weighted by Crippen LogP contribution is -2.47. The van der Waals surface area contributed by atoms with Crippen LogP contribution in [0, 0.1) is 5.92 Å². The molecule has 5 rings (SSSR count). The molecule has 2 N–H and O–H groups in total. The first-order valence-corrected chi connectivity index (χ1v) is 18.5. The number of carbonyl (C=O) groups excluding carboxylic acids is 1. The van der Waals surface area contributed by atoms with Gasteiger partial charge in [0.15, 0.2) is 11.5 Å². The minimum atomic E-state index is -3.97. The molecule has 0 saturated heterocycles. The predicted octanol–water partition coefficient (Wildman–Crippen LogP) is 5.80. The van der Waals surface area contributed by atoms with E-state index in [0.29, 0.717) is 37.0 Å². The van der Waals surface area contributed by atoms with Gasteiger partial charge in [0.2, 0.25) is 6.79 Å². The van der Waals surface area contributed by atoms with E-state index in [1.54, 1.807) is 24.0 Å². The Morgan fingerprint density at radius 2 is 1.76 bits per heavy atom. The molecule has 4 atom stereocenters. The molecule has 3 aromatic rings. The fourth-order valence-corrected chi connectivity index (χ4v) is 7.17. The van der Waals surface area contributed by atoms with E-state index in [9.17, 15) is 18.3 Å². The molecule has 0 unspecified atom stereocenters. The van der Waals surface area contributed by atoms with Crippen molar-refractivity contribution in [3.8, 4) is 17.2 Å². The number of aliphatic hydroxyl groups excluding tert-OH is 1. The minimum absolute atomic E-state index is 0.0343. The number of ether oxygens (including phenoxy) is 4. The smallest absolute Gasteiger partial charge is 0.261 e. The fraction of sp³-hybridized carbons (Fsp3) is 0.472. The number of nitrogens with one attached hydrogen (secondary N) is 1. The zero-order valence-electron chi connectivity index (χ0n) is 28.4. The number of nitrogens with zero attached hydrogens (tertiary/aromatic N) is 2. The molecule has 0 aliphatic carbocycles. The average molecular weight is 716 g/mol. The fourth-order valence-electron chi connectivity index (χ4n) is 6.00. The van der Waals surface area contributed by atoms with Crippen molar-refractivity contribution in [2.45, 2.75) is 69.7 Å². The zero-order valence-corrected chi connectivity index (χ0v) is 30.0. The second kappa shape index (κ2) is 16.4. The van der Waals surface area contributed by atoms with Gasteiger partial charge in [-0.25, -0.2) is 8.42 Å². The summed E-state index contributed by atoms with van der Waals surface area (Å²) in [5, 5.41) is 10.7. The topological polar surface area (TPSA) is 127 Å². The highest BCUT2D eigenvalue weighted by Crippen LogP contribution is 2.33. The highest BCUT2D eigenvalue weighted by Gasteiger charge is 2.31. The van der Waals surface area contributed by atoms with Gasteiger partial charge >= 0.3 is 0 Å². The molecule has 1 amide bonds. The summed E-state index contributed by atoms with van der Waals surface area (Å²) in [7, 11) is -1.94. The number of sulfonamides is 1. The normalized spacial score (nSPS) is 21.1. The second-order valence-corrected chi connectivity index (χ2v) is 15.1. The molecular formula is C36H46ClN3O8S. The Balaban J connectivity index is 1.40. The van der Waals surface area contributed by atoms with Crippen molar-refractivity contribution in [2.75, 3.05) is 44.9 Å². The third-order valence-corrected chi connectivity index (χ3v) is 10.5. The molecule has 0 aromatic heterocycles. The molecule has 0 fully saturated rings. The number of likely N-dealkylation sites (N-methyl/N-ethyl adjacent to an activating group) is 1. The molecule has 2 aliphatic heterocycles. The van der Waals surface area contributed by atoms with Gasteiger partial charge < -0.3 is 29.0 Å². The number of carbonyl (C=O) groups is 1. The maximum absolute atomic E-state index is 14.4. The van der Waals surface area contributed by atoms with Gasteiger partial charge in [-0.3, -0.25) is 14.4 Å².